The molecule has 4 N–H and O–H groups in total. The largest absolute Gasteiger partial charge is 0.396 e. The Morgan fingerprint density at radius 2 is 1.82 bits per heavy atom. The normalized spacial score (nSPS) is 14.5. The minimum absolute atomic E-state index is 0.0386. The number of amides is 1. The lowest BCUT2D eigenvalue weighted by Gasteiger charge is -2.24. The van der Waals surface area contributed by atoms with Crippen molar-refractivity contribution >= 4 is 5.91 Å². The van der Waals surface area contributed by atoms with E-state index in [2.05, 4.69) is 26.1 Å². The Morgan fingerprint density at radius 1 is 1.29 bits per heavy atom. The maximum Gasteiger partial charge on any atom is 0.221 e. The van der Waals surface area contributed by atoms with E-state index >= 15 is 0 Å². The van der Waals surface area contributed by atoms with Crippen molar-refractivity contribution in [2.45, 2.75) is 53.5 Å². The monoisotopic (exact) mass is 244 g/mol. The summed E-state index contributed by atoms with van der Waals surface area (Å²) >= 11 is 0. The van der Waals surface area contributed by atoms with Crippen molar-refractivity contribution < 1.29 is 9.90 Å². The van der Waals surface area contributed by atoms with E-state index in [4.69, 9.17) is 10.8 Å². The van der Waals surface area contributed by atoms with E-state index in [0.29, 0.717) is 13.0 Å². The van der Waals surface area contributed by atoms with Gasteiger partial charge in [-0.2, -0.15) is 0 Å². The number of carbonyl (C=O) groups excluding carboxylic acids is 1. The van der Waals surface area contributed by atoms with Gasteiger partial charge in [0.1, 0.15) is 0 Å². The minimum Gasteiger partial charge on any atom is -0.396 e. The highest BCUT2D eigenvalue weighted by Gasteiger charge is 2.20. The molecule has 4 heteroatoms. The Labute approximate surface area is 105 Å². The van der Waals surface area contributed by atoms with Crippen LogP contribution in [0.4, 0.5) is 0 Å². The molecule has 0 fully saturated rings. The quantitative estimate of drug-likeness (QED) is 0.658. The zero-order valence-electron chi connectivity index (χ0n) is 11.8. The highest BCUT2D eigenvalue weighted by Crippen LogP contribution is 2.21. The molecular formula is C13H28N2O2. The Kier molecular flexibility index (Phi) is 6.13. The van der Waals surface area contributed by atoms with Gasteiger partial charge in [-0.1, -0.05) is 34.6 Å². The van der Waals surface area contributed by atoms with Crippen LogP contribution in [0.2, 0.25) is 0 Å². The molecule has 4 nitrogen and oxygen atoms in total. The van der Waals surface area contributed by atoms with Crippen LogP contribution in [0, 0.1) is 10.8 Å². The summed E-state index contributed by atoms with van der Waals surface area (Å²) in [5, 5.41) is 11.9. The van der Waals surface area contributed by atoms with E-state index in [1.807, 2.05) is 13.8 Å². The first-order chi connectivity index (χ1) is 7.56. The second kappa shape index (κ2) is 6.36. The number of aliphatic hydroxyl groups excluding tert-OH is 1. The molecule has 0 aliphatic rings. The van der Waals surface area contributed by atoms with Gasteiger partial charge in [0.15, 0.2) is 0 Å². The zero-order chi connectivity index (χ0) is 13.7. The lowest BCUT2D eigenvalue weighted by atomic mass is 9.87. The van der Waals surface area contributed by atoms with Gasteiger partial charge in [-0.25, -0.2) is 0 Å². The van der Waals surface area contributed by atoms with Gasteiger partial charge in [-0.05, 0) is 11.8 Å². The molecule has 0 saturated carbocycles. The van der Waals surface area contributed by atoms with Crippen LogP contribution in [-0.2, 0) is 4.79 Å². The summed E-state index contributed by atoms with van der Waals surface area (Å²) in [4.78, 5) is 11.6. The molecule has 0 aliphatic carbocycles. The molecule has 0 aromatic carbocycles. The predicted octanol–water partition coefficient (Wildman–Crippen LogP) is 1.27. The Hall–Kier alpha value is -0.610. The van der Waals surface area contributed by atoms with E-state index in [9.17, 15) is 4.79 Å². The number of nitrogens with one attached hydrogen (secondary N) is 1. The van der Waals surface area contributed by atoms with Gasteiger partial charge in [0.2, 0.25) is 5.91 Å². The number of nitrogens with two attached hydrogens (primary N) is 1. The summed E-state index contributed by atoms with van der Waals surface area (Å²) in [7, 11) is 0. The van der Waals surface area contributed by atoms with Crippen LogP contribution in [0.5, 0.6) is 0 Å². The van der Waals surface area contributed by atoms with Gasteiger partial charge in [0.05, 0.1) is 0 Å². The first-order valence-electron chi connectivity index (χ1n) is 6.19. The van der Waals surface area contributed by atoms with Gasteiger partial charge < -0.3 is 16.2 Å². The summed E-state index contributed by atoms with van der Waals surface area (Å²) in [5.74, 6) is -0.0386. The first kappa shape index (κ1) is 16.4. The molecule has 0 aliphatic heterocycles. The molecule has 0 rings (SSSR count). The van der Waals surface area contributed by atoms with Crippen molar-refractivity contribution in [3.05, 3.63) is 0 Å². The minimum atomic E-state index is -0.274. The third-order valence-corrected chi connectivity index (χ3v) is 2.51. The number of aliphatic hydroxyl groups is 1. The second-order valence-electron chi connectivity index (χ2n) is 6.83. The highest BCUT2D eigenvalue weighted by atomic mass is 16.3. The summed E-state index contributed by atoms with van der Waals surface area (Å²) < 4.78 is 0. The van der Waals surface area contributed by atoms with Crippen LogP contribution in [0.1, 0.15) is 47.5 Å². The van der Waals surface area contributed by atoms with Gasteiger partial charge in [0, 0.05) is 31.0 Å². The number of hydrogen-bond acceptors (Lipinski definition) is 3. The van der Waals surface area contributed by atoms with E-state index in [1.165, 1.54) is 0 Å². The summed E-state index contributed by atoms with van der Waals surface area (Å²) in [6.45, 7) is 10.7. The lowest BCUT2D eigenvalue weighted by Crippen LogP contribution is -2.39. The molecule has 0 saturated heterocycles. The van der Waals surface area contributed by atoms with Crippen molar-refractivity contribution in [1.29, 1.82) is 0 Å². The Morgan fingerprint density at radius 3 is 2.24 bits per heavy atom. The topological polar surface area (TPSA) is 75.4 Å². The van der Waals surface area contributed by atoms with Crippen LogP contribution in [0.25, 0.3) is 0 Å². The smallest absolute Gasteiger partial charge is 0.221 e. The molecule has 0 radical (unpaired) electrons. The Bertz CT molecular complexity index is 244. The van der Waals surface area contributed by atoms with Crippen molar-refractivity contribution in [3.8, 4) is 0 Å². The predicted molar refractivity (Wildman–Crippen MR) is 70.5 cm³/mol. The lowest BCUT2D eigenvalue weighted by molar-refractivity contribution is -0.122. The van der Waals surface area contributed by atoms with Crippen LogP contribution in [0.15, 0.2) is 0 Å². The maximum absolute atomic E-state index is 11.6. The third-order valence-electron chi connectivity index (χ3n) is 2.51. The van der Waals surface area contributed by atoms with Crippen LogP contribution >= 0.6 is 0 Å². The van der Waals surface area contributed by atoms with Gasteiger partial charge in [-0.15, -0.1) is 0 Å². The van der Waals surface area contributed by atoms with Crippen LogP contribution in [-0.4, -0.2) is 30.2 Å². The molecule has 1 amide bonds. The third kappa shape index (κ3) is 9.12. The standard InChI is InChI=1S/C13H28N2O2/c1-12(2,3)7-10(14)6-11(17)15-8-13(4,5)9-16/h10,16H,6-9,14H2,1-5H3,(H,15,17). The fourth-order valence-electron chi connectivity index (χ4n) is 1.56. The van der Waals surface area contributed by atoms with E-state index in [0.717, 1.165) is 6.42 Å². The molecule has 0 heterocycles. The summed E-state index contributed by atoms with van der Waals surface area (Å²) in [6, 6.07) is -0.104. The molecule has 102 valence electrons. The van der Waals surface area contributed by atoms with Crippen molar-refractivity contribution in [2.75, 3.05) is 13.2 Å². The molecule has 0 aromatic rings. The molecule has 0 bridgehead atoms. The molecule has 17 heavy (non-hydrogen) atoms. The SMILES string of the molecule is CC(C)(C)CC(N)CC(=O)NCC(C)(C)CO. The first-order valence-corrected chi connectivity index (χ1v) is 6.19. The van der Waals surface area contributed by atoms with Crippen molar-refractivity contribution in [1.82, 2.24) is 5.32 Å². The average Bonchev–Trinajstić information content (AvgIpc) is 2.12. The fourth-order valence-corrected chi connectivity index (χ4v) is 1.56. The van der Waals surface area contributed by atoms with E-state index in [1.54, 1.807) is 0 Å². The summed E-state index contributed by atoms with van der Waals surface area (Å²) in [6.07, 6.45) is 1.17. The zero-order valence-corrected chi connectivity index (χ0v) is 11.8. The van der Waals surface area contributed by atoms with E-state index < -0.39 is 0 Å². The van der Waals surface area contributed by atoms with Crippen molar-refractivity contribution in [2.24, 2.45) is 16.6 Å². The number of carbonyl (C=O) groups is 1. The maximum atomic E-state index is 11.6. The Balaban J connectivity index is 3.95. The molecule has 1 atom stereocenters. The molecule has 0 aromatic heterocycles. The van der Waals surface area contributed by atoms with Crippen molar-refractivity contribution in [3.63, 3.8) is 0 Å². The van der Waals surface area contributed by atoms with Crippen LogP contribution < -0.4 is 11.1 Å². The number of hydrogen-bond donors (Lipinski definition) is 3. The summed E-state index contributed by atoms with van der Waals surface area (Å²) in [5.41, 5.74) is 5.79. The van der Waals surface area contributed by atoms with Gasteiger partial charge >= 0.3 is 0 Å². The van der Waals surface area contributed by atoms with Crippen LogP contribution in [0.3, 0.4) is 0 Å². The molecular weight excluding hydrogens is 216 g/mol. The second-order valence-corrected chi connectivity index (χ2v) is 6.83. The van der Waals surface area contributed by atoms with Gasteiger partial charge in [-0.3, -0.25) is 4.79 Å². The van der Waals surface area contributed by atoms with E-state index in [-0.39, 0.29) is 29.4 Å². The number of rotatable bonds is 6. The average molecular weight is 244 g/mol. The highest BCUT2D eigenvalue weighted by molar-refractivity contribution is 5.76. The fraction of sp³-hybridized carbons (Fsp3) is 0.923. The molecule has 1 unspecified atom stereocenters. The van der Waals surface area contributed by atoms with Gasteiger partial charge in [0.25, 0.3) is 0 Å². The molecule has 0 spiro atoms.